The molecule has 1 fully saturated rings. The highest BCUT2D eigenvalue weighted by atomic mass is 32.2. The van der Waals surface area contributed by atoms with E-state index < -0.39 is 9.84 Å². The SMILES string of the molecule is CCOCC1CCCN(c2ncccc2S(C)(=O)=O)C1. The molecular formula is C14H22N2O3S. The van der Waals surface area contributed by atoms with E-state index in [1.807, 2.05) is 6.92 Å². The van der Waals surface area contributed by atoms with E-state index in [4.69, 9.17) is 4.74 Å². The molecule has 2 rings (SSSR count). The van der Waals surface area contributed by atoms with Crippen molar-refractivity contribution in [1.29, 1.82) is 0 Å². The van der Waals surface area contributed by atoms with Gasteiger partial charge in [0.2, 0.25) is 0 Å². The summed E-state index contributed by atoms with van der Waals surface area (Å²) in [6.07, 6.45) is 5.04. The van der Waals surface area contributed by atoms with Crippen LogP contribution in [0.5, 0.6) is 0 Å². The summed E-state index contributed by atoms with van der Waals surface area (Å²) in [6, 6.07) is 3.30. The number of hydrogen-bond donors (Lipinski definition) is 0. The van der Waals surface area contributed by atoms with Crippen molar-refractivity contribution < 1.29 is 13.2 Å². The summed E-state index contributed by atoms with van der Waals surface area (Å²) >= 11 is 0. The molecule has 0 radical (unpaired) electrons. The van der Waals surface area contributed by atoms with Gasteiger partial charge in [-0.15, -0.1) is 0 Å². The van der Waals surface area contributed by atoms with Crippen LogP contribution in [-0.4, -0.2) is 46.0 Å². The molecule has 0 aromatic carbocycles. The molecule has 1 atom stereocenters. The Balaban J connectivity index is 2.19. The van der Waals surface area contributed by atoms with Gasteiger partial charge in [-0.25, -0.2) is 13.4 Å². The van der Waals surface area contributed by atoms with Gasteiger partial charge in [-0.3, -0.25) is 0 Å². The molecule has 1 aliphatic heterocycles. The molecule has 1 saturated heterocycles. The first-order valence-electron chi connectivity index (χ1n) is 7.00. The molecule has 0 N–H and O–H groups in total. The number of aromatic nitrogens is 1. The van der Waals surface area contributed by atoms with E-state index in [2.05, 4.69) is 9.88 Å². The number of rotatable bonds is 5. The van der Waals surface area contributed by atoms with Crippen molar-refractivity contribution in [3.05, 3.63) is 18.3 Å². The van der Waals surface area contributed by atoms with Gasteiger partial charge in [0, 0.05) is 32.1 Å². The second kappa shape index (κ2) is 6.54. The fraction of sp³-hybridized carbons (Fsp3) is 0.643. The summed E-state index contributed by atoms with van der Waals surface area (Å²) in [4.78, 5) is 6.68. The van der Waals surface area contributed by atoms with Gasteiger partial charge in [0.15, 0.2) is 9.84 Å². The average molecular weight is 298 g/mol. The third-order valence-corrected chi connectivity index (χ3v) is 4.64. The highest BCUT2D eigenvalue weighted by molar-refractivity contribution is 7.90. The first kappa shape index (κ1) is 15.3. The number of sulfone groups is 1. The van der Waals surface area contributed by atoms with Crippen molar-refractivity contribution in [1.82, 2.24) is 4.98 Å². The Hall–Kier alpha value is -1.14. The summed E-state index contributed by atoms with van der Waals surface area (Å²) in [5, 5.41) is 0. The molecule has 1 aromatic heterocycles. The zero-order chi connectivity index (χ0) is 14.6. The zero-order valence-electron chi connectivity index (χ0n) is 12.1. The van der Waals surface area contributed by atoms with Gasteiger partial charge in [0.05, 0.1) is 6.61 Å². The summed E-state index contributed by atoms with van der Waals surface area (Å²) in [5.41, 5.74) is 0. The summed E-state index contributed by atoms with van der Waals surface area (Å²) in [5.74, 6) is 1.02. The topological polar surface area (TPSA) is 59.5 Å². The van der Waals surface area contributed by atoms with Crippen molar-refractivity contribution >= 4 is 15.7 Å². The van der Waals surface area contributed by atoms with Crippen molar-refractivity contribution in [3.63, 3.8) is 0 Å². The van der Waals surface area contributed by atoms with E-state index in [0.29, 0.717) is 23.2 Å². The van der Waals surface area contributed by atoms with E-state index in [0.717, 1.165) is 32.5 Å². The minimum absolute atomic E-state index is 0.317. The van der Waals surface area contributed by atoms with Gasteiger partial charge in [-0.2, -0.15) is 0 Å². The quantitative estimate of drug-likeness (QED) is 0.828. The Morgan fingerprint density at radius 2 is 2.30 bits per heavy atom. The number of anilines is 1. The molecule has 5 nitrogen and oxygen atoms in total. The zero-order valence-corrected chi connectivity index (χ0v) is 12.9. The van der Waals surface area contributed by atoms with Crippen molar-refractivity contribution in [2.24, 2.45) is 5.92 Å². The van der Waals surface area contributed by atoms with Crippen LogP contribution < -0.4 is 4.90 Å². The lowest BCUT2D eigenvalue weighted by molar-refractivity contribution is 0.104. The van der Waals surface area contributed by atoms with Crippen LogP contribution in [-0.2, 0) is 14.6 Å². The van der Waals surface area contributed by atoms with E-state index >= 15 is 0 Å². The Kier molecular flexibility index (Phi) is 4.99. The van der Waals surface area contributed by atoms with Gasteiger partial charge in [-0.1, -0.05) is 0 Å². The number of pyridine rings is 1. The molecular weight excluding hydrogens is 276 g/mol. The van der Waals surface area contributed by atoms with Gasteiger partial charge >= 0.3 is 0 Å². The van der Waals surface area contributed by atoms with Crippen molar-refractivity contribution in [2.75, 3.05) is 37.5 Å². The van der Waals surface area contributed by atoms with E-state index in [1.54, 1.807) is 18.3 Å². The number of piperidine rings is 1. The summed E-state index contributed by atoms with van der Waals surface area (Å²) in [6.45, 7) is 5.09. The van der Waals surface area contributed by atoms with E-state index in [1.165, 1.54) is 6.26 Å². The largest absolute Gasteiger partial charge is 0.381 e. The molecule has 2 heterocycles. The summed E-state index contributed by atoms with van der Waals surface area (Å²) < 4.78 is 29.2. The third kappa shape index (κ3) is 3.70. The number of hydrogen-bond acceptors (Lipinski definition) is 5. The Morgan fingerprint density at radius 1 is 1.50 bits per heavy atom. The van der Waals surface area contributed by atoms with Crippen LogP contribution >= 0.6 is 0 Å². The number of nitrogens with zero attached hydrogens (tertiary/aromatic N) is 2. The van der Waals surface area contributed by atoms with Gasteiger partial charge < -0.3 is 9.64 Å². The Bertz CT molecular complexity index is 545. The smallest absolute Gasteiger partial charge is 0.179 e. The normalized spacial score (nSPS) is 20.1. The maximum absolute atomic E-state index is 11.9. The molecule has 0 aliphatic carbocycles. The van der Waals surface area contributed by atoms with Crippen LogP contribution in [0.4, 0.5) is 5.82 Å². The first-order chi connectivity index (χ1) is 9.52. The van der Waals surface area contributed by atoms with Crippen LogP contribution in [0, 0.1) is 5.92 Å². The maximum atomic E-state index is 11.9. The molecule has 0 spiro atoms. The third-order valence-electron chi connectivity index (χ3n) is 3.53. The van der Waals surface area contributed by atoms with E-state index in [9.17, 15) is 8.42 Å². The second-order valence-electron chi connectivity index (χ2n) is 5.21. The van der Waals surface area contributed by atoms with Crippen LogP contribution in [0.1, 0.15) is 19.8 Å². The Labute approximate surface area is 120 Å². The molecule has 0 saturated carbocycles. The molecule has 1 unspecified atom stereocenters. The highest BCUT2D eigenvalue weighted by Crippen LogP contribution is 2.27. The van der Waals surface area contributed by atoms with Crippen LogP contribution in [0.15, 0.2) is 23.2 Å². The fourth-order valence-corrected chi connectivity index (χ4v) is 3.43. The molecule has 20 heavy (non-hydrogen) atoms. The molecule has 0 amide bonds. The first-order valence-corrected chi connectivity index (χ1v) is 8.89. The predicted octanol–water partition coefficient (Wildman–Crippen LogP) is 1.74. The lowest BCUT2D eigenvalue weighted by atomic mass is 9.99. The van der Waals surface area contributed by atoms with Gasteiger partial charge in [-0.05, 0) is 37.8 Å². The Morgan fingerprint density at radius 3 is 3.00 bits per heavy atom. The van der Waals surface area contributed by atoms with Crippen molar-refractivity contribution in [3.8, 4) is 0 Å². The van der Waals surface area contributed by atoms with Crippen LogP contribution in [0.3, 0.4) is 0 Å². The lowest BCUT2D eigenvalue weighted by Crippen LogP contribution is -2.38. The summed E-state index contributed by atoms with van der Waals surface area (Å²) in [7, 11) is -3.25. The minimum atomic E-state index is -3.25. The van der Waals surface area contributed by atoms with E-state index in [-0.39, 0.29) is 0 Å². The van der Waals surface area contributed by atoms with Gasteiger partial charge in [0.25, 0.3) is 0 Å². The monoisotopic (exact) mass is 298 g/mol. The molecule has 112 valence electrons. The molecule has 6 heteroatoms. The highest BCUT2D eigenvalue weighted by Gasteiger charge is 2.25. The van der Waals surface area contributed by atoms with Crippen molar-refractivity contribution in [2.45, 2.75) is 24.7 Å². The minimum Gasteiger partial charge on any atom is -0.381 e. The molecule has 0 bridgehead atoms. The lowest BCUT2D eigenvalue weighted by Gasteiger charge is -2.34. The number of ether oxygens (including phenoxy) is 1. The second-order valence-corrected chi connectivity index (χ2v) is 7.20. The van der Waals surface area contributed by atoms with Crippen LogP contribution in [0.2, 0.25) is 0 Å². The molecule has 1 aromatic rings. The average Bonchev–Trinajstić information content (AvgIpc) is 2.44. The standard InChI is InChI=1S/C14H22N2O3S/c1-3-19-11-12-6-5-9-16(10-12)14-13(20(2,17)18)7-4-8-15-14/h4,7-8,12H,3,5-6,9-11H2,1-2H3. The predicted molar refractivity (Wildman–Crippen MR) is 78.8 cm³/mol. The fourth-order valence-electron chi connectivity index (χ4n) is 2.59. The van der Waals surface area contributed by atoms with Gasteiger partial charge in [0.1, 0.15) is 10.7 Å². The molecule has 1 aliphatic rings. The maximum Gasteiger partial charge on any atom is 0.179 e. The van der Waals surface area contributed by atoms with Crippen LogP contribution in [0.25, 0.3) is 0 Å².